The third-order valence-electron chi connectivity index (χ3n) is 4.93. The van der Waals surface area contributed by atoms with Crippen LogP contribution in [-0.2, 0) is 14.3 Å². The van der Waals surface area contributed by atoms with E-state index in [1.165, 1.54) is 20.5 Å². The highest BCUT2D eigenvalue weighted by molar-refractivity contribution is 6.18. The fraction of sp³-hybridized carbons (Fsp3) is 0.192. The molecule has 0 saturated carbocycles. The molecule has 0 amide bonds. The Bertz CT molecular complexity index is 1100. The molecule has 0 aliphatic carbocycles. The molecule has 154 valence electrons. The Morgan fingerprint density at radius 3 is 2.33 bits per heavy atom. The Hall–Kier alpha value is -3.53. The van der Waals surface area contributed by atoms with Crippen LogP contribution < -0.4 is 4.74 Å². The van der Waals surface area contributed by atoms with Crippen molar-refractivity contribution >= 4 is 11.5 Å². The lowest BCUT2D eigenvalue weighted by Crippen LogP contribution is -2.06. The zero-order valence-corrected chi connectivity index (χ0v) is 18.0. The molecule has 0 aliphatic rings. The van der Waals surface area contributed by atoms with Gasteiger partial charge in [0, 0.05) is 11.1 Å². The molecule has 4 nitrogen and oxygen atoms in total. The minimum absolute atomic E-state index is 0.344. The highest BCUT2D eigenvalue weighted by atomic mass is 16.5. The van der Waals surface area contributed by atoms with Gasteiger partial charge in [0.05, 0.1) is 20.5 Å². The molecule has 30 heavy (non-hydrogen) atoms. The first kappa shape index (κ1) is 21.2. The summed E-state index contributed by atoms with van der Waals surface area (Å²) in [5.41, 5.74) is 6.05. The molecule has 0 fully saturated rings. The number of rotatable bonds is 6. The minimum atomic E-state index is -0.463. The van der Waals surface area contributed by atoms with E-state index in [1.807, 2.05) is 75.4 Å². The molecule has 0 saturated heterocycles. The molecule has 0 bridgehead atoms. The van der Waals surface area contributed by atoms with E-state index in [0.717, 1.165) is 39.3 Å². The average Bonchev–Trinajstić information content (AvgIpc) is 2.74. The van der Waals surface area contributed by atoms with Crippen LogP contribution in [0, 0.1) is 20.8 Å². The van der Waals surface area contributed by atoms with E-state index in [1.54, 1.807) is 0 Å². The topological polar surface area (TPSA) is 44.8 Å². The predicted octanol–water partition coefficient (Wildman–Crippen LogP) is 6.23. The SMILES string of the molecule is CO/C=C(/C(=O)OC)c1ccccc1-c1c(C)cccc1Oc1cc(C)ccc1C. The van der Waals surface area contributed by atoms with Crippen molar-refractivity contribution in [2.24, 2.45) is 0 Å². The lowest BCUT2D eigenvalue weighted by Gasteiger charge is -2.18. The number of benzene rings is 3. The number of carbonyl (C=O) groups is 1. The highest BCUT2D eigenvalue weighted by Gasteiger charge is 2.21. The molecule has 0 aliphatic heterocycles. The molecule has 4 heteroatoms. The van der Waals surface area contributed by atoms with Crippen molar-refractivity contribution in [1.29, 1.82) is 0 Å². The van der Waals surface area contributed by atoms with Gasteiger partial charge in [0.2, 0.25) is 0 Å². The standard InChI is InChI=1S/C26H26O4/c1-17-13-14-18(2)24(15-17)30-23-12-8-9-19(3)25(23)21-11-7-6-10-20(21)22(16-28-4)26(27)29-5/h6-16H,1-5H3/b22-16+. The van der Waals surface area contributed by atoms with Crippen LogP contribution in [0.15, 0.2) is 66.9 Å². The Balaban J connectivity index is 2.20. The second-order valence-corrected chi connectivity index (χ2v) is 7.12. The lowest BCUT2D eigenvalue weighted by molar-refractivity contribution is -0.133. The second kappa shape index (κ2) is 9.31. The second-order valence-electron chi connectivity index (χ2n) is 7.12. The third kappa shape index (κ3) is 4.38. The van der Waals surface area contributed by atoms with Gasteiger partial charge in [0.15, 0.2) is 0 Å². The number of carbonyl (C=O) groups excluding carboxylic acids is 1. The van der Waals surface area contributed by atoms with Gasteiger partial charge in [-0.3, -0.25) is 0 Å². The Morgan fingerprint density at radius 1 is 0.833 bits per heavy atom. The summed E-state index contributed by atoms with van der Waals surface area (Å²) in [5, 5.41) is 0. The molecule has 0 spiro atoms. The van der Waals surface area contributed by atoms with E-state index in [2.05, 4.69) is 6.07 Å². The lowest BCUT2D eigenvalue weighted by atomic mass is 9.91. The van der Waals surface area contributed by atoms with Crippen molar-refractivity contribution < 1.29 is 19.0 Å². The van der Waals surface area contributed by atoms with Gasteiger partial charge in [-0.25, -0.2) is 4.79 Å². The quantitative estimate of drug-likeness (QED) is 0.278. The Morgan fingerprint density at radius 2 is 1.60 bits per heavy atom. The summed E-state index contributed by atoms with van der Waals surface area (Å²) in [5.74, 6) is 1.06. The summed E-state index contributed by atoms with van der Waals surface area (Å²) in [7, 11) is 2.87. The zero-order chi connectivity index (χ0) is 21.7. The van der Waals surface area contributed by atoms with Crippen LogP contribution in [0.3, 0.4) is 0 Å². The van der Waals surface area contributed by atoms with Crippen LogP contribution in [0.2, 0.25) is 0 Å². The van der Waals surface area contributed by atoms with Crippen molar-refractivity contribution in [2.45, 2.75) is 20.8 Å². The predicted molar refractivity (Wildman–Crippen MR) is 120 cm³/mol. The molecule has 0 N–H and O–H groups in total. The fourth-order valence-electron chi connectivity index (χ4n) is 3.39. The maximum absolute atomic E-state index is 12.4. The number of esters is 1. The highest BCUT2D eigenvalue weighted by Crippen LogP contribution is 2.40. The molecule has 0 radical (unpaired) electrons. The average molecular weight is 402 g/mol. The maximum atomic E-state index is 12.4. The van der Waals surface area contributed by atoms with Crippen LogP contribution in [-0.4, -0.2) is 20.2 Å². The van der Waals surface area contributed by atoms with Gasteiger partial charge < -0.3 is 14.2 Å². The number of ether oxygens (including phenoxy) is 3. The van der Waals surface area contributed by atoms with Gasteiger partial charge in [-0.1, -0.05) is 48.5 Å². The molecule has 3 rings (SSSR count). The van der Waals surface area contributed by atoms with Crippen LogP contribution in [0.5, 0.6) is 11.5 Å². The summed E-state index contributed by atoms with van der Waals surface area (Å²) in [6.45, 7) is 6.09. The van der Waals surface area contributed by atoms with Crippen LogP contribution >= 0.6 is 0 Å². The number of hydrogen-bond donors (Lipinski definition) is 0. The van der Waals surface area contributed by atoms with Crippen molar-refractivity contribution in [1.82, 2.24) is 0 Å². The molecular weight excluding hydrogens is 376 g/mol. The van der Waals surface area contributed by atoms with Gasteiger partial charge in [-0.2, -0.15) is 0 Å². The minimum Gasteiger partial charge on any atom is -0.503 e. The number of aryl methyl sites for hydroxylation is 3. The molecule has 0 heterocycles. The van der Waals surface area contributed by atoms with Gasteiger partial charge in [0.25, 0.3) is 0 Å². The van der Waals surface area contributed by atoms with Crippen molar-refractivity contribution in [2.75, 3.05) is 14.2 Å². The smallest absolute Gasteiger partial charge is 0.341 e. The maximum Gasteiger partial charge on any atom is 0.341 e. The van der Waals surface area contributed by atoms with Crippen molar-refractivity contribution in [3.63, 3.8) is 0 Å². The molecule has 0 aromatic heterocycles. The summed E-state index contributed by atoms with van der Waals surface area (Å²) in [4.78, 5) is 12.4. The third-order valence-corrected chi connectivity index (χ3v) is 4.93. The Labute approximate surface area is 177 Å². The van der Waals surface area contributed by atoms with Gasteiger partial charge in [-0.15, -0.1) is 0 Å². The molecule has 0 atom stereocenters. The summed E-state index contributed by atoms with van der Waals surface area (Å²) in [6.07, 6.45) is 1.41. The molecular formula is C26H26O4. The van der Waals surface area contributed by atoms with Crippen LogP contribution in [0.1, 0.15) is 22.3 Å². The molecule has 3 aromatic rings. The van der Waals surface area contributed by atoms with E-state index >= 15 is 0 Å². The van der Waals surface area contributed by atoms with E-state index in [9.17, 15) is 4.79 Å². The molecule has 3 aromatic carbocycles. The van der Waals surface area contributed by atoms with Crippen LogP contribution in [0.25, 0.3) is 16.7 Å². The summed E-state index contributed by atoms with van der Waals surface area (Å²) in [6, 6.07) is 19.7. The fourth-order valence-corrected chi connectivity index (χ4v) is 3.39. The first-order valence-corrected chi connectivity index (χ1v) is 9.72. The summed E-state index contributed by atoms with van der Waals surface area (Å²) < 4.78 is 16.5. The zero-order valence-electron chi connectivity index (χ0n) is 18.0. The number of hydrogen-bond acceptors (Lipinski definition) is 4. The van der Waals surface area contributed by atoms with Crippen molar-refractivity contribution in [3.05, 3.63) is 89.2 Å². The van der Waals surface area contributed by atoms with E-state index < -0.39 is 5.97 Å². The largest absolute Gasteiger partial charge is 0.503 e. The number of methoxy groups -OCH3 is 2. The normalized spacial score (nSPS) is 11.2. The van der Waals surface area contributed by atoms with E-state index in [0.29, 0.717) is 11.1 Å². The molecule has 0 unspecified atom stereocenters. The van der Waals surface area contributed by atoms with Gasteiger partial charge >= 0.3 is 5.97 Å². The van der Waals surface area contributed by atoms with Gasteiger partial charge in [0.1, 0.15) is 17.1 Å². The summed E-state index contributed by atoms with van der Waals surface area (Å²) >= 11 is 0. The first-order valence-electron chi connectivity index (χ1n) is 9.72. The van der Waals surface area contributed by atoms with E-state index in [4.69, 9.17) is 14.2 Å². The first-order chi connectivity index (χ1) is 14.5. The van der Waals surface area contributed by atoms with Crippen LogP contribution in [0.4, 0.5) is 0 Å². The van der Waals surface area contributed by atoms with Crippen molar-refractivity contribution in [3.8, 4) is 22.6 Å². The van der Waals surface area contributed by atoms with E-state index in [-0.39, 0.29) is 0 Å². The Kier molecular flexibility index (Phi) is 6.58. The monoisotopic (exact) mass is 402 g/mol. The van der Waals surface area contributed by atoms with Gasteiger partial charge in [-0.05, 0) is 55.2 Å².